The summed E-state index contributed by atoms with van der Waals surface area (Å²) >= 11 is 0. The van der Waals surface area contributed by atoms with Gasteiger partial charge in [-0.3, -0.25) is 9.36 Å². The van der Waals surface area contributed by atoms with E-state index in [0.717, 1.165) is 30.4 Å². The lowest BCUT2D eigenvalue weighted by Gasteiger charge is -2.27. The largest absolute Gasteiger partial charge is 0.358 e. The molecule has 2 heterocycles. The van der Waals surface area contributed by atoms with Gasteiger partial charge in [0.25, 0.3) is 0 Å². The van der Waals surface area contributed by atoms with Gasteiger partial charge in [0.1, 0.15) is 24.0 Å². The zero-order valence-corrected chi connectivity index (χ0v) is 21.6. The Kier molecular flexibility index (Phi) is 8.61. The summed E-state index contributed by atoms with van der Waals surface area (Å²) in [6.07, 6.45) is 12.1. The first kappa shape index (κ1) is 25.4. The van der Waals surface area contributed by atoms with Crippen LogP contribution in [0.3, 0.4) is 0 Å². The van der Waals surface area contributed by atoms with E-state index in [4.69, 9.17) is 9.97 Å². The molecule has 1 aliphatic carbocycles. The summed E-state index contributed by atoms with van der Waals surface area (Å²) in [6.45, 7) is 1.09. The molecule has 5 rings (SSSR count). The molecule has 1 amide bonds. The van der Waals surface area contributed by atoms with Gasteiger partial charge in [-0.2, -0.15) is 9.97 Å². The van der Waals surface area contributed by atoms with Crippen LogP contribution in [0.15, 0.2) is 85.5 Å². The number of hydrogen-bond donors (Lipinski definition) is 3. The maximum Gasteiger partial charge on any atom is 0.242 e. The van der Waals surface area contributed by atoms with Gasteiger partial charge in [0, 0.05) is 31.5 Å². The molecule has 2 aromatic heterocycles. The van der Waals surface area contributed by atoms with Crippen LogP contribution >= 0.6 is 0 Å². The molecule has 1 saturated carbocycles. The molecule has 8 nitrogen and oxygen atoms in total. The van der Waals surface area contributed by atoms with Crippen molar-refractivity contribution < 1.29 is 4.79 Å². The average molecular weight is 510 g/mol. The van der Waals surface area contributed by atoms with Crippen molar-refractivity contribution in [2.75, 3.05) is 10.6 Å². The highest BCUT2D eigenvalue weighted by molar-refractivity contribution is 5.84. The summed E-state index contributed by atoms with van der Waals surface area (Å²) in [6, 6.07) is 21.6. The summed E-state index contributed by atoms with van der Waals surface area (Å²) in [4.78, 5) is 27.1. The minimum absolute atomic E-state index is 0.0129. The maximum atomic E-state index is 13.5. The lowest BCUT2D eigenvalue weighted by atomic mass is 9.84. The van der Waals surface area contributed by atoms with Crippen LogP contribution in [-0.4, -0.2) is 31.5 Å². The summed E-state index contributed by atoms with van der Waals surface area (Å²) in [5, 5.41) is 9.94. The summed E-state index contributed by atoms with van der Waals surface area (Å²) in [5.41, 5.74) is 2.21. The van der Waals surface area contributed by atoms with Crippen molar-refractivity contribution in [3.8, 4) is 5.82 Å². The molecular weight excluding hydrogens is 474 g/mol. The smallest absolute Gasteiger partial charge is 0.242 e. The minimum Gasteiger partial charge on any atom is -0.358 e. The number of amides is 1. The molecule has 38 heavy (non-hydrogen) atoms. The first-order valence-electron chi connectivity index (χ1n) is 13.5. The van der Waals surface area contributed by atoms with Gasteiger partial charge < -0.3 is 16.0 Å². The molecule has 0 spiro atoms. The second-order valence-electron chi connectivity index (χ2n) is 9.88. The van der Waals surface area contributed by atoms with Gasteiger partial charge in [0.15, 0.2) is 0 Å². The summed E-state index contributed by atoms with van der Waals surface area (Å²) in [7, 11) is 0. The fourth-order valence-corrected chi connectivity index (χ4v) is 4.97. The van der Waals surface area contributed by atoms with E-state index >= 15 is 0 Å². The predicted octanol–water partition coefficient (Wildman–Crippen LogP) is 5.34. The Hall–Kier alpha value is -4.20. The number of imidazole rings is 1. The normalized spacial score (nSPS) is 14.5. The molecule has 8 heteroatoms. The Balaban J connectivity index is 1.36. The van der Waals surface area contributed by atoms with Crippen LogP contribution in [0.4, 0.5) is 11.8 Å². The highest BCUT2D eigenvalue weighted by atomic mass is 16.2. The lowest BCUT2D eigenvalue weighted by molar-refractivity contribution is -0.122. The van der Waals surface area contributed by atoms with Crippen molar-refractivity contribution in [1.29, 1.82) is 0 Å². The van der Waals surface area contributed by atoms with Crippen molar-refractivity contribution in [1.82, 2.24) is 24.8 Å². The Labute approximate surface area is 224 Å². The van der Waals surface area contributed by atoms with Crippen LogP contribution in [0.2, 0.25) is 0 Å². The molecule has 196 valence electrons. The highest BCUT2D eigenvalue weighted by Crippen LogP contribution is 2.28. The Bertz CT molecular complexity index is 1270. The Morgan fingerprint density at radius 3 is 2.32 bits per heavy atom. The highest BCUT2D eigenvalue weighted by Gasteiger charge is 2.25. The fraction of sp³-hybridized carbons (Fsp3) is 0.333. The van der Waals surface area contributed by atoms with Gasteiger partial charge >= 0.3 is 0 Å². The average Bonchev–Trinajstić information content (AvgIpc) is 3.52. The monoisotopic (exact) mass is 509 g/mol. The summed E-state index contributed by atoms with van der Waals surface area (Å²) < 4.78 is 1.84. The molecule has 1 fully saturated rings. The predicted molar refractivity (Wildman–Crippen MR) is 150 cm³/mol. The minimum atomic E-state index is -0.394. The van der Waals surface area contributed by atoms with Crippen LogP contribution < -0.4 is 16.0 Å². The number of hydrogen-bond acceptors (Lipinski definition) is 6. The third-order valence-electron chi connectivity index (χ3n) is 7.02. The molecule has 0 saturated heterocycles. The van der Waals surface area contributed by atoms with Crippen LogP contribution in [0.25, 0.3) is 5.82 Å². The lowest BCUT2D eigenvalue weighted by Crippen LogP contribution is -2.41. The zero-order chi connectivity index (χ0) is 26.0. The Morgan fingerprint density at radius 1 is 0.921 bits per heavy atom. The molecular formula is C30H35N7O. The van der Waals surface area contributed by atoms with E-state index in [2.05, 4.69) is 33.1 Å². The first-order chi connectivity index (χ1) is 18.7. The van der Waals surface area contributed by atoms with Gasteiger partial charge in [0.2, 0.25) is 11.9 Å². The molecule has 1 atom stereocenters. The van der Waals surface area contributed by atoms with Crippen molar-refractivity contribution in [3.05, 3.63) is 96.6 Å². The number of anilines is 2. The number of rotatable bonds is 11. The van der Waals surface area contributed by atoms with Crippen LogP contribution in [0, 0.1) is 5.92 Å². The number of benzene rings is 2. The van der Waals surface area contributed by atoms with Gasteiger partial charge in [-0.05, 0) is 23.5 Å². The SMILES string of the molecule is O=C(NCc1ccccc1)C(CC1CCCCC1)Nc1cc(-n2ccnc2)nc(NCc2ccccc2)n1. The standard InChI is InChI=1S/C30H35N7O/c38-29(32-20-24-12-6-2-7-13-24)26(18-23-10-4-1-5-11-23)34-27-19-28(37-17-16-31-22-37)36-30(35-27)33-21-25-14-8-3-9-15-25/h2-3,6-9,12-17,19,22-23,26H,1,4-5,10-11,18,20-21H2,(H,32,38)(H2,33,34,35,36). The number of carbonyl (C=O) groups is 1. The molecule has 0 radical (unpaired) electrons. The number of nitrogens with zero attached hydrogens (tertiary/aromatic N) is 4. The van der Waals surface area contributed by atoms with Crippen LogP contribution in [0.1, 0.15) is 49.7 Å². The quantitative estimate of drug-likeness (QED) is 0.253. The van der Waals surface area contributed by atoms with Gasteiger partial charge in [0.05, 0.1) is 0 Å². The summed E-state index contributed by atoms with van der Waals surface area (Å²) in [5.74, 6) is 2.28. The molecule has 4 aromatic rings. The molecule has 3 N–H and O–H groups in total. The molecule has 0 bridgehead atoms. The molecule has 0 aliphatic heterocycles. The zero-order valence-electron chi connectivity index (χ0n) is 21.6. The first-order valence-corrected chi connectivity index (χ1v) is 13.5. The molecule has 1 aliphatic rings. The number of carbonyl (C=O) groups excluding carboxylic acids is 1. The fourth-order valence-electron chi connectivity index (χ4n) is 4.97. The maximum absolute atomic E-state index is 13.5. The van der Waals surface area contributed by atoms with E-state index in [-0.39, 0.29) is 5.91 Å². The topological polar surface area (TPSA) is 96.8 Å². The van der Waals surface area contributed by atoms with Gasteiger partial charge in [-0.1, -0.05) is 92.8 Å². The molecule has 2 aromatic carbocycles. The third kappa shape index (κ3) is 7.18. The number of nitrogens with one attached hydrogen (secondary N) is 3. The van der Waals surface area contributed by atoms with Crippen molar-refractivity contribution in [2.45, 2.75) is 57.7 Å². The van der Waals surface area contributed by atoms with E-state index < -0.39 is 6.04 Å². The second kappa shape index (κ2) is 12.9. The third-order valence-corrected chi connectivity index (χ3v) is 7.02. The Morgan fingerprint density at radius 2 is 1.63 bits per heavy atom. The van der Waals surface area contributed by atoms with Crippen molar-refractivity contribution in [2.24, 2.45) is 5.92 Å². The second-order valence-corrected chi connectivity index (χ2v) is 9.88. The van der Waals surface area contributed by atoms with Gasteiger partial charge in [-0.15, -0.1) is 0 Å². The van der Waals surface area contributed by atoms with E-state index in [9.17, 15) is 4.79 Å². The van der Waals surface area contributed by atoms with E-state index in [1.165, 1.54) is 19.3 Å². The van der Waals surface area contributed by atoms with E-state index in [1.54, 1.807) is 12.5 Å². The van der Waals surface area contributed by atoms with E-state index in [0.29, 0.717) is 36.6 Å². The van der Waals surface area contributed by atoms with E-state index in [1.807, 2.05) is 65.4 Å². The number of aromatic nitrogens is 4. The van der Waals surface area contributed by atoms with Crippen molar-refractivity contribution >= 4 is 17.7 Å². The van der Waals surface area contributed by atoms with Crippen LogP contribution in [-0.2, 0) is 17.9 Å². The van der Waals surface area contributed by atoms with Crippen molar-refractivity contribution in [3.63, 3.8) is 0 Å². The van der Waals surface area contributed by atoms with Gasteiger partial charge in [-0.25, -0.2) is 4.98 Å². The van der Waals surface area contributed by atoms with Crippen LogP contribution in [0.5, 0.6) is 0 Å². The molecule has 1 unspecified atom stereocenters.